The molecule has 0 saturated heterocycles. The van der Waals surface area contributed by atoms with Crippen molar-refractivity contribution < 1.29 is 4.42 Å². The molecule has 1 unspecified atom stereocenters. The van der Waals surface area contributed by atoms with Crippen molar-refractivity contribution in [2.75, 3.05) is 0 Å². The number of para-hydroxylation sites is 1. The van der Waals surface area contributed by atoms with Gasteiger partial charge >= 0.3 is 0 Å². The molecule has 4 heteroatoms. The van der Waals surface area contributed by atoms with Gasteiger partial charge in [0.25, 0.3) is 0 Å². The van der Waals surface area contributed by atoms with Crippen LogP contribution >= 0.6 is 0 Å². The molecule has 2 aliphatic rings. The number of hydrogen-bond donors (Lipinski definition) is 0. The zero-order chi connectivity index (χ0) is 36.0. The average Bonchev–Trinajstić information content (AvgIpc) is 3.72. The number of hydrogen-bond acceptors (Lipinski definition) is 4. The molecule has 0 amide bonds. The third kappa shape index (κ3) is 4.59. The molecule has 9 aromatic rings. The van der Waals surface area contributed by atoms with Crippen LogP contribution in [0.2, 0.25) is 0 Å². The van der Waals surface area contributed by atoms with Crippen LogP contribution in [0.25, 0.3) is 78.4 Å². The minimum atomic E-state index is -0.0397. The van der Waals surface area contributed by atoms with Gasteiger partial charge in [-0.1, -0.05) is 153 Å². The second kappa shape index (κ2) is 11.7. The second-order valence-corrected chi connectivity index (χ2v) is 15.1. The van der Waals surface area contributed by atoms with Crippen molar-refractivity contribution in [3.63, 3.8) is 0 Å². The summed E-state index contributed by atoms with van der Waals surface area (Å²) in [5.74, 6) is 2.04. The van der Waals surface area contributed by atoms with Gasteiger partial charge < -0.3 is 4.42 Å². The van der Waals surface area contributed by atoms with E-state index in [-0.39, 0.29) is 11.3 Å². The molecule has 54 heavy (non-hydrogen) atoms. The molecule has 2 aromatic heterocycles. The topological polar surface area (TPSA) is 51.8 Å². The number of fused-ring (bicyclic) bond motifs is 10. The maximum Gasteiger partial charge on any atom is 0.167 e. The Kier molecular flexibility index (Phi) is 6.69. The summed E-state index contributed by atoms with van der Waals surface area (Å²) >= 11 is 0. The summed E-state index contributed by atoms with van der Waals surface area (Å²) in [4.78, 5) is 15.0. The van der Waals surface area contributed by atoms with Crippen LogP contribution in [0.1, 0.15) is 47.6 Å². The zero-order valence-corrected chi connectivity index (χ0v) is 30.0. The third-order valence-electron chi connectivity index (χ3n) is 11.8. The van der Waals surface area contributed by atoms with Gasteiger partial charge in [0.15, 0.2) is 17.5 Å². The Labute approximate surface area is 313 Å². The summed E-state index contributed by atoms with van der Waals surface area (Å²) in [6, 6.07) is 56.0. The van der Waals surface area contributed by atoms with Gasteiger partial charge in [-0.2, -0.15) is 0 Å². The smallest absolute Gasteiger partial charge is 0.167 e. The summed E-state index contributed by atoms with van der Waals surface area (Å²) in [5.41, 5.74) is 16.7. The molecular formula is C50H35N3O. The molecule has 0 aliphatic heterocycles. The molecule has 2 heterocycles. The fraction of sp³-hybridized carbons (Fsp3) is 0.100. The molecule has 0 bridgehead atoms. The summed E-state index contributed by atoms with van der Waals surface area (Å²) in [5, 5.41) is 2.14. The first-order chi connectivity index (χ1) is 26.5. The molecule has 0 radical (unpaired) electrons. The Hall–Kier alpha value is -6.65. The van der Waals surface area contributed by atoms with Crippen LogP contribution in [0.5, 0.6) is 0 Å². The summed E-state index contributed by atoms with van der Waals surface area (Å²) in [6.45, 7) is 4.74. The van der Waals surface area contributed by atoms with E-state index in [0.29, 0.717) is 17.5 Å². The Bertz CT molecular complexity index is 2890. The SMILES string of the molecule is CC1(C)c2ccccc2-c2c1ccc1c2CC(c2ccc3oc4c(-c5nc(-c6ccccc6)nc(-c6ccccc6)n5)cccc4c3c2)c2ccccc2-1. The van der Waals surface area contributed by atoms with Gasteiger partial charge in [-0.25, -0.2) is 15.0 Å². The molecule has 0 N–H and O–H groups in total. The predicted molar refractivity (Wildman–Crippen MR) is 218 cm³/mol. The lowest BCUT2D eigenvalue weighted by atomic mass is 9.72. The fourth-order valence-corrected chi connectivity index (χ4v) is 9.13. The maximum absolute atomic E-state index is 6.72. The summed E-state index contributed by atoms with van der Waals surface area (Å²) < 4.78 is 6.72. The Morgan fingerprint density at radius 3 is 1.93 bits per heavy atom. The van der Waals surface area contributed by atoms with E-state index in [1.54, 1.807) is 0 Å². The summed E-state index contributed by atoms with van der Waals surface area (Å²) in [7, 11) is 0. The normalized spacial score (nSPS) is 15.1. The van der Waals surface area contributed by atoms with Gasteiger partial charge in [-0.05, 0) is 74.7 Å². The van der Waals surface area contributed by atoms with Crippen molar-refractivity contribution in [2.45, 2.75) is 31.6 Å². The molecule has 0 spiro atoms. The minimum Gasteiger partial charge on any atom is -0.455 e. The van der Waals surface area contributed by atoms with E-state index in [0.717, 1.165) is 45.0 Å². The van der Waals surface area contributed by atoms with E-state index >= 15 is 0 Å². The first-order valence-corrected chi connectivity index (χ1v) is 18.7. The molecule has 0 saturated carbocycles. The molecule has 2 aliphatic carbocycles. The van der Waals surface area contributed by atoms with Crippen molar-refractivity contribution >= 4 is 21.9 Å². The first-order valence-electron chi connectivity index (χ1n) is 18.7. The van der Waals surface area contributed by atoms with E-state index < -0.39 is 0 Å². The lowest BCUT2D eigenvalue weighted by Crippen LogP contribution is -2.17. The highest BCUT2D eigenvalue weighted by atomic mass is 16.3. The summed E-state index contributed by atoms with van der Waals surface area (Å²) in [6.07, 6.45) is 0.932. The average molecular weight is 694 g/mol. The van der Waals surface area contributed by atoms with Gasteiger partial charge in [-0.3, -0.25) is 0 Å². The van der Waals surface area contributed by atoms with Crippen LogP contribution < -0.4 is 0 Å². The minimum absolute atomic E-state index is 0.0397. The standard InChI is InChI=1S/C50H35N3O/c1-50(2)42-23-12-11-20-37(42)45-41-29-39(34-19-10-9-18-33(34)35(41)25-26-43(45)50)32-24-27-44-40(28-32)36-21-13-22-38(46(36)54-44)49-52-47(30-14-5-3-6-15-30)51-48(53-49)31-16-7-4-8-17-31/h3-28,39H,29H2,1-2H3. The van der Waals surface area contributed by atoms with Gasteiger partial charge in [-0.15, -0.1) is 0 Å². The monoisotopic (exact) mass is 693 g/mol. The van der Waals surface area contributed by atoms with Crippen molar-refractivity contribution in [1.82, 2.24) is 15.0 Å². The Balaban J connectivity index is 1.07. The Morgan fingerprint density at radius 1 is 0.519 bits per heavy atom. The van der Waals surface area contributed by atoms with Crippen molar-refractivity contribution in [3.8, 4) is 56.4 Å². The molecule has 4 nitrogen and oxygen atoms in total. The number of furan rings is 1. The van der Waals surface area contributed by atoms with E-state index in [2.05, 4.69) is 111 Å². The molecule has 256 valence electrons. The van der Waals surface area contributed by atoms with Gasteiger partial charge in [0.1, 0.15) is 11.2 Å². The zero-order valence-electron chi connectivity index (χ0n) is 30.0. The highest BCUT2D eigenvalue weighted by Crippen LogP contribution is 2.55. The maximum atomic E-state index is 6.72. The lowest BCUT2D eigenvalue weighted by molar-refractivity contribution is 0.659. The van der Waals surface area contributed by atoms with Gasteiger partial charge in [0, 0.05) is 33.2 Å². The van der Waals surface area contributed by atoms with Crippen molar-refractivity contribution in [3.05, 3.63) is 186 Å². The van der Waals surface area contributed by atoms with Crippen LogP contribution in [0.4, 0.5) is 0 Å². The molecule has 0 fully saturated rings. The van der Waals surface area contributed by atoms with Crippen LogP contribution in [0, 0.1) is 0 Å². The van der Waals surface area contributed by atoms with Gasteiger partial charge in [0.2, 0.25) is 0 Å². The highest BCUT2D eigenvalue weighted by Gasteiger charge is 2.39. The second-order valence-electron chi connectivity index (χ2n) is 15.1. The largest absolute Gasteiger partial charge is 0.455 e. The number of rotatable bonds is 4. The molecule has 11 rings (SSSR count). The Morgan fingerprint density at radius 2 is 1.17 bits per heavy atom. The van der Waals surface area contributed by atoms with E-state index in [1.807, 2.05) is 60.7 Å². The third-order valence-corrected chi connectivity index (χ3v) is 11.8. The highest BCUT2D eigenvalue weighted by molar-refractivity contribution is 6.09. The van der Waals surface area contributed by atoms with E-state index in [1.165, 1.54) is 50.1 Å². The van der Waals surface area contributed by atoms with Crippen LogP contribution in [-0.4, -0.2) is 15.0 Å². The van der Waals surface area contributed by atoms with Crippen molar-refractivity contribution in [2.24, 2.45) is 0 Å². The quantitative estimate of drug-likeness (QED) is 0.184. The van der Waals surface area contributed by atoms with E-state index in [9.17, 15) is 0 Å². The number of nitrogens with zero attached hydrogens (tertiary/aromatic N) is 3. The number of benzene rings is 7. The number of aromatic nitrogens is 3. The first kappa shape index (κ1) is 30.9. The van der Waals surface area contributed by atoms with Crippen LogP contribution in [-0.2, 0) is 11.8 Å². The fourth-order valence-electron chi connectivity index (χ4n) is 9.13. The van der Waals surface area contributed by atoms with Gasteiger partial charge in [0.05, 0.1) is 5.56 Å². The molecular weight excluding hydrogens is 659 g/mol. The van der Waals surface area contributed by atoms with Crippen molar-refractivity contribution in [1.29, 1.82) is 0 Å². The van der Waals surface area contributed by atoms with E-state index in [4.69, 9.17) is 19.4 Å². The molecule has 1 atom stereocenters. The molecule has 7 aromatic carbocycles. The van der Waals surface area contributed by atoms with Crippen LogP contribution in [0.3, 0.4) is 0 Å². The lowest BCUT2D eigenvalue weighted by Gasteiger charge is -2.31. The van der Waals surface area contributed by atoms with Crippen LogP contribution in [0.15, 0.2) is 162 Å². The predicted octanol–water partition coefficient (Wildman–Crippen LogP) is 12.4.